The molecule has 1 aromatic carbocycles. The van der Waals surface area contributed by atoms with Crippen LogP contribution in [0.1, 0.15) is 102 Å². The molecule has 0 N–H and O–H groups in total. The van der Waals surface area contributed by atoms with Gasteiger partial charge in [-0.2, -0.15) is 0 Å². The number of benzene rings is 1. The molecule has 0 aliphatic heterocycles. The third-order valence-electron chi connectivity index (χ3n) is 5.14. The Morgan fingerprint density at radius 3 is 1.64 bits per heavy atom. The highest BCUT2D eigenvalue weighted by atomic mass is 16.5. The normalized spacial score (nSPS) is 10.8. The summed E-state index contributed by atoms with van der Waals surface area (Å²) in [5.41, 5.74) is 1.96. The Balaban J connectivity index is 2.05. The largest absolute Gasteiger partial charge is 0.466 e. The number of carbonyl (C=O) groups is 2. The minimum Gasteiger partial charge on any atom is -0.466 e. The molecule has 0 saturated carbocycles. The molecule has 0 spiro atoms. The van der Waals surface area contributed by atoms with E-state index in [9.17, 15) is 9.59 Å². The number of unbranched alkanes of at least 4 members (excludes halogenated alkanes) is 10. The van der Waals surface area contributed by atoms with Gasteiger partial charge in [0.1, 0.15) is 5.78 Å². The van der Waals surface area contributed by atoms with Crippen molar-refractivity contribution in [1.82, 2.24) is 0 Å². The van der Waals surface area contributed by atoms with Gasteiger partial charge in [0.25, 0.3) is 0 Å². The molecule has 0 amide bonds. The maximum atomic E-state index is 12.1. The second kappa shape index (κ2) is 16.3. The lowest BCUT2D eigenvalue weighted by molar-refractivity contribution is -0.142. The summed E-state index contributed by atoms with van der Waals surface area (Å²) in [7, 11) is 0. The highest BCUT2D eigenvalue weighted by Gasteiger charge is 2.06. The number of ketones is 1. The topological polar surface area (TPSA) is 43.4 Å². The van der Waals surface area contributed by atoms with E-state index in [0.29, 0.717) is 31.7 Å². The van der Waals surface area contributed by atoms with Crippen molar-refractivity contribution in [1.29, 1.82) is 0 Å². The van der Waals surface area contributed by atoms with Gasteiger partial charge in [0, 0.05) is 12.8 Å². The zero-order valence-electron chi connectivity index (χ0n) is 18.1. The number of hydrogen-bond acceptors (Lipinski definition) is 3. The summed E-state index contributed by atoms with van der Waals surface area (Å²) in [6.07, 6.45) is 15.8. The molecule has 158 valence electrons. The predicted molar refractivity (Wildman–Crippen MR) is 117 cm³/mol. The zero-order chi connectivity index (χ0) is 20.5. The molecule has 0 radical (unpaired) electrons. The highest BCUT2D eigenvalue weighted by molar-refractivity contribution is 5.80. The number of rotatable bonds is 17. The number of esters is 1. The number of Topliss-reactive ketones (excluding diaryl/α,β-unsaturated/α-hetero) is 1. The van der Waals surface area contributed by atoms with Crippen LogP contribution in [0.5, 0.6) is 0 Å². The van der Waals surface area contributed by atoms with Crippen LogP contribution in [-0.4, -0.2) is 18.4 Å². The van der Waals surface area contributed by atoms with Gasteiger partial charge < -0.3 is 4.74 Å². The first-order valence-corrected chi connectivity index (χ1v) is 11.4. The van der Waals surface area contributed by atoms with Crippen LogP contribution in [0, 0.1) is 0 Å². The van der Waals surface area contributed by atoms with Gasteiger partial charge >= 0.3 is 5.97 Å². The number of hydrogen-bond donors (Lipinski definition) is 0. The van der Waals surface area contributed by atoms with E-state index in [2.05, 4.69) is 6.92 Å². The second-order valence-corrected chi connectivity index (χ2v) is 7.80. The van der Waals surface area contributed by atoms with Gasteiger partial charge in [0.15, 0.2) is 0 Å². The monoisotopic (exact) mass is 388 g/mol. The molecule has 0 aromatic heterocycles. The molecule has 0 unspecified atom stereocenters. The molecule has 1 rings (SSSR count). The SMILES string of the molecule is CCCCCCCCCCCCCC(=O)Cc1ccc(CC(=O)OCC)cc1. The third-order valence-corrected chi connectivity index (χ3v) is 5.14. The summed E-state index contributed by atoms with van der Waals surface area (Å²) in [5, 5.41) is 0. The summed E-state index contributed by atoms with van der Waals surface area (Å²) in [6, 6.07) is 7.74. The summed E-state index contributed by atoms with van der Waals surface area (Å²) >= 11 is 0. The fourth-order valence-electron chi connectivity index (χ4n) is 3.46. The molecular weight excluding hydrogens is 348 g/mol. The Hall–Kier alpha value is -1.64. The van der Waals surface area contributed by atoms with E-state index >= 15 is 0 Å². The number of carbonyl (C=O) groups excluding carboxylic acids is 2. The van der Waals surface area contributed by atoms with Crippen molar-refractivity contribution in [2.24, 2.45) is 0 Å². The van der Waals surface area contributed by atoms with E-state index in [1.807, 2.05) is 31.2 Å². The minimum absolute atomic E-state index is 0.206. The minimum atomic E-state index is -0.206. The van der Waals surface area contributed by atoms with Gasteiger partial charge in [0.05, 0.1) is 13.0 Å². The van der Waals surface area contributed by atoms with E-state index in [1.54, 1.807) is 0 Å². The lowest BCUT2D eigenvalue weighted by Gasteiger charge is -2.05. The van der Waals surface area contributed by atoms with Crippen LogP contribution in [0.2, 0.25) is 0 Å². The Morgan fingerprint density at radius 1 is 0.679 bits per heavy atom. The standard InChI is InChI=1S/C25H40O3/c1-3-5-6-7-8-9-10-11-12-13-14-15-24(26)20-22-16-18-23(19-17-22)21-25(27)28-4-2/h16-19H,3-15,20-21H2,1-2H3. The van der Waals surface area contributed by atoms with Crippen LogP contribution in [0.3, 0.4) is 0 Å². The number of ether oxygens (including phenoxy) is 1. The molecule has 1 aromatic rings. The Morgan fingerprint density at radius 2 is 1.14 bits per heavy atom. The second-order valence-electron chi connectivity index (χ2n) is 7.80. The average Bonchev–Trinajstić information content (AvgIpc) is 2.68. The molecule has 0 fully saturated rings. The van der Waals surface area contributed by atoms with Crippen LogP contribution in [-0.2, 0) is 27.2 Å². The molecule has 0 aliphatic carbocycles. The summed E-state index contributed by atoms with van der Waals surface area (Å²) in [5.74, 6) is 0.108. The molecule has 0 heterocycles. The van der Waals surface area contributed by atoms with Crippen LogP contribution in [0.15, 0.2) is 24.3 Å². The first-order chi connectivity index (χ1) is 13.7. The van der Waals surface area contributed by atoms with Gasteiger partial charge in [-0.25, -0.2) is 0 Å². The average molecular weight is 389 g/mol. The van der Waals surface area contributed by atoms with Crippen molar-refractivity contribution in [2.45, 2.75) is 104 Å². The lowest BCUT2D eigenvalue weighted by atomic mass is 10.0. The molecule has 0 bridgehead atoms. The highest BCUT2D eigenvalue weighted by Crippen LogP contribution is 2.13. The molecular formula is C25H40O3. The molecule has 0 aliphatic rings. The van der Waals surface area contributed by atoms with E-state index in [1.165, 1.54) is 64.2 Å². The summed E-state index contributed by atoms with van der Waals surface area (Å²) < 4.78 is 4.95. The van der Waals surface area contributed by atoms with Crippen molar-refractivity contribution in [3.05, 3.63) is 35.4 Å². The summed E-state index contributed by atoms with van der Waals surface area (Å²) in [4.78, 5) is 23.6. The van der Waals surface area contributed by atoms with E-state index in [0.717, 1.165) is 17.5 Å². The first-order valence-electron chi connectivity index (χ1n) is 11.4. The fourth-order valence-corrected chi connectivity index (χ4v) is 3.46. The van der Waals surface area contributed by atoms with E-state index < -0.39 is 0 Å². The molecule has 0 saturated heterocycles. The Labute approximate surface area is 172 Å². The van der Waals surface area contributed by atoms with Crippen molar-refractivity contribution in [3.8, 4) is 0 Å². The maximum absolute atomic E-state index is 12.1. The van der Waals surface area contributed by atoms with Crippen LogP contribution in [0.25, 0.3) is 0 Å². The van der Waals surface area contributed by atoms with Crippen LogP contribution >= 0.6 is 0 Å². The van der Waals surface area contributed by atoms with Crippen molar-refractivity contribution >= 4 is 11.8 Å². The first kappa shape index (κ1) is 24.4. The Bertz CT molecular complexity index is 533. The van der Waals surface area contributed by atoms with Crippen molar-refractivity contribution in [2.75, 3.05) is 6.61 Å². The van der Waals surface area contributed by atoms with Crippen molar-refractivity contribution < 1.29 is 14.3 Å². The lowest BCUT2D eigenvalue weighted by Crippen LogP contribution is -2.07. The predicted octanol–water partition coefficient (Wildman–Crippen LogP) is 6.60. The van der Waals surface area contributed by atoms with Gasteiger partial charge in [0.2, 0.25) is 0 Å². The summed E-state index contributed by atoms with van der Waals surface area (Å²) in [6.45, 7) is 4.47. The van der Waals surface area contributed by atoms with Gasteiger partial charge in [-0.15, -0.1) is 0 Å². The Kier molecular flexibility index (Phi) is 14.2. The molecule has 0 atom stereocenters. The molecule has 3 heteroatoms. The van der Waals surface area contributed by atoms with Gasteiger partial charge in [-0.1, -0.05) is 95.4 Å². The van der Waals surface area contributed by atoms with Gasteiger partial charge in [-0.3, -0.25) is 9.59 Å². The molecule has 3 nitrogen and oxygen atoms in total. The van der Waals surface area contributed by atoms with Crippen LogP contribution < -0.4 is 0 Å². The smallest absolute Gasteiger partial charge is 0.310 e. The maximum Gasteiger partial charge on any atom is 0.310 e. The molecule has 28 heavy (non-hydrogen) atoms. The van der Waals surface area contributed by atoms with E-state index in [4.69, 9.17) is 4.74 Å². The fraction of sp³-hybridized carbons (Fsp3) is 0.680. The van der Waals surface area contributed by atoms with Crippen LogP contribution in [0.4, 0.5) is 0 Å². The third kappa shape index (κ3) is 12.7. The quantitative estimate of drug-likeness (QED) is 0.223. The van der Waals surface area contributed by atoms with Gasteiger partial charge in [-0.05, 0) is 24.5 Å². The zero-order valence-corrected chi connectivity index (χ0v) is 18.1. The van der Waals surface area contributed by atoms with E-state index in [-0.39, 0.29) is 5.97 Å². The van der Waals surface area contributed by atoms with Crippen molar-refractivity contribution in [3.63, 3.8) is 0 Å².